The molecule has 1 unspecified atom stereocenters. The van der Waals surface area contributed by atoms with Crippen molar-refractivity contribution < 1.29 is 13.9 Å². The van der Waals surface area contributed by atoms with Gasteiger partial charge in [0.15, 0.2) is 5.96 Å². The van der Waals surface area contributed by atoms with Gasteiger partial charge in [0, 0.05) is 13.6 Å². The van der Waals surface area contributed by atoms with Crippen LogP contribution in [-0.2, 0) is 4.79 Å². The normalized spacial score (nSPS) is 11.9. The summed E-state index contributed by atoms with van der Waals surface area (Å²) in [5, 5.41) is 8.77. The van der Waals surface area contributed by atoms with Crippen LogP contribution in [-0.4, -0.2) is 44.7 Å². The van der Waals surface area contributed by atoms with Crippen molar-refractivity contribution >= 4 is 35.8 Å². The Morgan fingerprint density at radius 1 is 1.25 bits per heavy atom. The largest absolute Gasteiger partial charge is 0.489 e. The Bertz CT molecular complexity index is 511. The Morgan fingerprint density at radius 3 is 2.50 bits per heavy atom. The molecule has 0 aromatic heterocycles. The first-order valence-electron chi connectivity index (χ1n) is 7.68. The second-order valence-electron chi connectivity index (χ2n) is 5.04. The van der Waals surface area contributed by atoms with Crippen molar-refractivity contribution in [1.29, 1.82) is 0 Å². The Morgan fingerprint density at radius 2 is 1.92 bits per heavy atom. The lowest BCUT2D eigenvalue weighted by molar-refractivity contribution is -0.120. The number of guanidine groups is 1. The van der Waals surface area contributed by atoms with Crippen molar-refractivity contribution in [2.45, 2.75) is 26.4 Å². The first-order chi connectivity index (χ1) is 11.0. The summed E-state index contributed by atoms with van der Waals surface area (Å²) >= 11 is 0. The molecule has 6 nitrogen and oxygen atoms in total. The molecule has 0 aliphatic rings. The van der Waals surface area contributed by atoms with Crippen molar-refractivity contribution in [2.75, 3.05) is 26.7 Å². The number of rotatable bonds is 8. The lowest BCUT2D eigenvalue weighted by Gasteiger charge is -2.17. The molecule has 0 saturated heterocycles. The molecule has 0 aliphatic carbocycles. The van der Waals surface area contributed by atoms with E-state index in [1.54, 1.807) is 19.2 Å². The van der Waals surface area contributed by atoms with E-state index in [0.29, 0.717) is 24.8 Å². The standard InChI is InChI=1S/C16H25FN4O2.HI/c1-4-9-19-15(22)11-21-16(18-3)20-10-12(2)23-14-7-5-13(17)6-8-14;/h5-8,12H,4,9-11H2,1-3H3,(H,19,22)(H2,18,20,21);1H. The average Bonchev–Trinajstić information content (AvgIpc) is 2.55. The Hall–Kier alpha value is -1.58. The summed E-state index contributed by atoms with van der Waals surface area (Å²) in [5.41, 5.74) is 0. The van der Waals surface area contributed by atoms with Gasteiger partial charge in [-0.25, -0.2) is 4.39 Å². The topological polar surface area (TPSA) is 74.8 Å². The molecule has 1 atom stereocenters. The fourth-order valence-corrected chi connectivity index (χ4v) is 1.74. The zero-order valence-corrected chi connectivity index (χ0v) is 16.6. The van der Waals surface area contributed by atoms with E-state index in [9.17, 15) is 9.18 Å². The maximum absolute atomic E-state index is 12.8. The van der Waals surface area contributed by atoms with Crippen LogP contribution in [0.5, 0.6) is 5.75 Å². The number of halogens is 2. The molecule has 8 heteroatoms. The molecule has 0 aliphatic heterocycles. The molecule has 1 aromatic rings. The van der Waals surface area contributed by atoms with Gasteiger partial charge in [-0.05, 0) is 37.6 Å². The predicted octanol–water partition coefficient (Wildman–Crippen LogP) is 1.90. The molecule has 24 heavy (non-hydrogen) atoms. The van der Waals surface area contributed by atoms with Crippen LogP contribution in [0.3, 0.4) is 0 Å². The highest BCUT2D eigenvalue weighted by atomic mass is 127. The summed E-state index contributed by atoms with van der Waals surface area (Å²) < 4.78 is 18.5. The van der Waals surface area contributed by atoms with Gasteiger partial charge >= 0.3 is 0 Å². The molecular formula is C16H26FIN4O2. The van der Waals surface area contributed by atoms with Gasteiger partial charge in [-0.2, -0.15) is 0 Å². The van der Waals surface area contributed by atoms with Crippen molar-refractivity contribution in [3.63, 3.8) is 0 Å². The van der Waals surface area contributed by atoms with E-state index in [1.807, 2.05) is 13.8 Å². The molecule has 1 rings (SSSR count). The first kappa shape index (κ1) is 22.4. The summed E-state index contributed by atoms with van der Waals surface area (Å²) in [6.07, 6.45) is 0.754. The number of benzene rings is 1. The fraction of sp³-hybridized carbons (Fsp3) is 0.500. The van der Waals surface area contributed by atoms with Crippen LogP contribution in [0, 0.1) is 5.82 Å². The van der Waals surface area contributed by atoms with E-state index >= 15 is 0 Å². The van der Waals surface area contributed by atoms with Crippen LogP contribution in [0.4, 0.5) is 4.39 Å². The third-order valence-electron chi connectivity index (χ3n) is 2.92. The third-order valence-corrected chi connectivity index (χ3v) is 2.92. The number of nitrogens with zero attached hydrogens (tertiary/aromatic N) is 1. The van der Waals surface area contributed by atoms with Gasteiger partial charge in [0.2, 0.25) is 5.91 Å². The maximum atomic E-state index is 12.8. The number of carbonyl (C=O) groups is 1. The molecular weight excluding hydrogens is 426 g/mol. The number of aliphatic imine (C=N–C) groups is 1. The Labute approximate surface area is 159 Å². The van der Waals surface area contributed by atoms with E-state index in [4.69, 9.17) is 4.74 Å². The maximum Gasteiger partial charge on any atom is 0.239 e. The number of ether oxygens (including phenoxy) is 1. The molecule has 3 N–H and O–H groups in total. The van der Waals surface area contributed by atoms with Crippen molar-refractivity contribution in [3.8, 4) is 5.75 Å². The first-order valence-corrected chi connectivity index (χ1v) is 7.68. The fourth-order valence-electron chi connectivity index (χ4n) is 1.74. The number of carbonyl (C=O) groups excluding carboxylic acids is 1. The van der Waals surface area contributed by atoms with Crippen molar-refractivity contribution in [2.24, 2.45) is 4.99 Å². The van der Waals surface area contributed by atoms with Crippen LogP contribution in [0.15, 0.2) is 29.3 Å². The summed E-state index contributed by atoms with van der Waals surface area (Å²) in [6, 6.07) is 5.86. The number of amides is 1. The van der Waals surface area contributed by atoms with E-state index in [0.717, 1.165) is 6.42 Å². The lowest BCUT2D eigenvalue weighted by Crippen LogP contribution is -2.45. The second-order valence-corrected chi connectivity index (χ2v) is 5.04. The highest BCUT2D eigenvalue weighted by molar-refractivity contribution is 14.0. The van der Waals surface area contributed by atoms with Gasteiger partial charge < -0.3 is 20.7 Å². The Balaban J connectivity index is 0.00000529. The second kappa shape index (κ2) is 12.8. The van der Waals surface area contributed by atoms with Gasteiger partial charge in [0.1, 0.15) is 17.7 Å². The minimum Gasteiger partial charge on any atom is -0.489 e. The van der Waals surface area contributed by atoms with Crippen LogP contribution < -0.4 is 20.7 Å². The SMILES string of the molecule is CCCNC(=O)CNC(=NC)NCC(C)Oc1ccc(F)cc1.I. The predicted molar refractivity (Wildman–Crippen MR) is 105 cm³/mol. The third kappa shape index (κ3) is 9.53. The van der Waals surface area contributed by atoms with E-state index in [-0.39, 0.29) is 48.3 Å². The summed E-state index contributed by atoms with van der Waals surface area (Å²) in [7, 11) is 1.63. The van der Waals surface area contributed by atoms with Crippen LogP contribution in [0.2, 0.25) is 0 Å². The van der Waals surface area contributed by atoms with E-state index in [1.165, 1.54) is 12.1 Å². The molecule has 0 heterocycles. The van der Waals surface area contributed by atoms with Crippen molar-refractivity contribution in [1.82, 2.24) is 16.0 Å². The minimum atomic E-state index is -0.297. The molecule has 0 saturated carbocycles. The number of hydrogen-bond acceptors (Lipinski definition) is 3. The van der Waals surface area contributed by atoms with E-state index < -0.39 is 0 Å². The van der Waals surface area contributed by atoms with Crippen molar-refractivity contribution in [3.05, 3.63) is 30.1 Å². The zero-order valence-electron chi connectivity index (χ0n) is 14.3. The van der Waals surface area contributed by atoms with Gasteiger partial charge in [-0.1, -0.05) is 6.92 Å². The summed E-state index contributed by atoms with van der Waals surface area (Å²) in [5.74, 6) is 0.744. The highest BCUT2D eigenvalue weighted by Gasteiger charge is 2.07. The van der Waals surface area contributed by atoms with Gasteiger partial charge in [0.05, 0.1) is 13.1 Å². The number of nitrogens with one attached hydrogen (secondary N) is 3. The highest BCUT2D eigenvalue weighted by Crippen LogP contribution is 2.12. The lowest BCUT2D eigenvalue weighted by atomic mass is 10.3. The van der Waals surface area contributed by atoms with Crippen LogP contribution in [0.1, 0.15) is 20.3 Å². The van der Waals surface area contributed by atoms with Crippen LogP contribution >= 0.6 is 24.0 Å². The monoisotopic (exact) mass is 452 g/mol. The summed E-state index contributed by atoms with van der Waals surface area (Å²) in [4.78, 5) is 15.6. The molecule has 0 fully saturated rings. The smallest absolute Gasteiger partial charge is 0.239 e. The van der Waals surface area contributed by atoms with Gasteiger partial charge in [0.25, 0.3) is 0 Å². The average molecular weight is 452 g/mol. The molecule has 1 aromatic carbocycles. The molecule has 0 radical (unpaired) electrons. The van der Waals surface area contributed by atoms with E-state index in [2.05, 4.69) is 20.9 Å². The number of hydrogen-bond donors (Lipinski definition) is 3. The molecule has 0 spiro atoms. The molecule has 1 amide bonds. The van der Waals surface area contributed by atoms with Gasteiger partial charge in [-0.15, -0.1) is 24.0 Å². The quantitative estimate of drug-likeness (QED) is 0.320. The van der Waals surface area contributed by atoms with Crippen LogP contribution in [0.25, 0.3) is 0 Å². The van der Waals surface area contributed by atoms with Gasteiger partial charge in [-0.3, -0.25) is 9.79 Å². The zero-order chi connectivity index (χ0) is 17.1. The Kier molecular flexibility index (Phi) is 12.0. The molecule has 0 bridgehead atoms. The minimum absolute atomic E-state index is 0. The summed E-state index contributed by atoms with van der Waals surface area (Å²) in [6.45, 7) is 5.20. The molecule has 136 valence electrons.